The van der Waals surface area contributed by atoms with Crippen molar-refractivity contribution in [1.82, 2.24) is 4.98 Å². The van der Waals surface area contributed by atoms with Crippen molar-refractivity contribution in [1.29, 1.82) is 0 Å². The number of carboxylic acids is 1. The zero-order valence-electron chi connectivity index (χ0n) is 12.2. The summed E-state index contributed by atoms with van der Waals surface area (Å²) < 4.78 is 0. The molecule has 0 unspecified atom stereocenters. The zero-order valence-corrected chi connectivity index (χ0v) is 13.0. The molecule has 0 saturated heterocycles. The lowest BCUT2D eigenvalue weighted by Gasteiger charge is -2.18. The van der Waals surface area contributed by atoms with E-state index in [1.165, 1.54) is 16.2 Å². The standard InChI is InChI=1S/C15H17N3O3S/c1-2-13-17-12(9-22-13)18(8-14(19)20)15(21)11-5-3-4-10(6-11)7-16/h3-6,9H,2,7-8,16H2,1H3,(H,19,20). The van der Waals surface area contributed by atoms with Gasteiger partial charge >= 0.3 is 5.97 Å². The molecule has 1 heterocycles. The van der Waals surface area contributed by atoms with Crippen molar-refractivity contribution < 1.29 is 14.7 Å². The number of hydrogen-bond acceptors (Lipinski definition) is 5. The van der Waals surface area contributed by atoms with Crippen LogP contribution in [-0.4, -0.2) is 28.5 Å². The second-order valence-electron chi connectivity index (χ2n) is 4.64. The molecule has 0 radical (unpaired) electrons. The number of amides is 1. The lowest BCUT2D eigenvalue weighted by molar-refractivity contribution is -0.135. The summed E-state index contributed by atoms with van der Waals surface area (Å²) in [5, 5.41) is 11.6. The molecule has 0 spiro atoms. The molecule has 0 atom stereocenters. The van der Waals surface area contributed by atoms with Crippen LogP contribution in [0.4, 0.5) is 5.82 Å². The predicted octanol–water partition coefficient (Wildman–Crippen LogP) is 1.90. The van der Waals surface area contributed by atoms with Crippen molar-refractivity contribution in [2.45, 2.75) is 19.9 Å². The summed E-state index contributed by atoms with van der Waals surface area (Å²) in [6, 6.07) is 6.86. The van der Waals surface area contributed by atoms with Gasteiger partial charge in [-0.15, -0.1) is 11.3 Å². The molecule has 0 saturated carbocycles. The second kappa shape index (κ2) is 7.15. The summed E-state index contributed by atoms with van der Waals surface area (Å²) in [4.78, 5) is 29.2. The first kappa shape index (κ1) is 16.1. The van der Waals surface area contributed by atoms with Gasteiger partial charge in [-0.2, -0.15) is 0 Å². The van der Waals surface area contributed by atoms with E-state index in [4.69, 9.17) is 10.8 Å². The fourth-order valence-corrected chi connectivity index (χ4v) is 2.70. The maximum absolute atomic E-state index is 12.6. The smallest absolute Gasteiger partial charge is 0.323 e. The van der Waals surface area contributed by atoms with E-state index >= 15 is 0 Å². The third kappa shape index (κ3) is 3.69. The van der Waals surface area contributed by atoms with Gasteiger partial charge in [-0.1, -0.05) is 19.1 Å². The van der Waals surface area contributed by atoms with Gasteiger partial charge in [0.15, 0.2) is 0 Å². The second-order valence-corrected chi connectivity index (χ2v) is 5.59. The Labute approximate surface area is 132 Å². The van der Waals surface area contributed by atoms with E-state index in [1.54, 1.807) is 23.6 Å². The van der Waals surface area contributed by atoms with E-state index in [1.807, 2.05) is 13.0 Å². The highest BCUT2D eigenvalue weighted by Gasteiger charge is 2.22. The fourth-order valence-electron chi connectivity index (χ4n) is 1.97. The van der Waals surface area contributed by atoms with Gasteiger partial charge in [-0.05, 0) is 24.1 Å². The van der Waals surface area contributed by atoms with Crippen LogP contribution in [-0.2, 0) is 17.8 Å². The average molecular weight is 319 g/mol. The maximum atomic E-state index is 12.6. The number of thiazole rings is 1. The van der Waals surface area contributed by atoms with Gasteiger partial charge in [0.1, 0.15) is 12.4 Å². The molecule has 6 nitrogen and oxygen atoms in total. The third-order valence-electron chi connectivity index (χ3n) is 3.07. The van der Waals surface area contributed by atoms with Gasteiger partial charge in [0, 0.05) is 17.5 Å². The first-order valence-corrected chi connectivity index (χ1v) is 7.70. The van der Waals surface area contributed by atoms with Crippen LogP contribution >= 0.6 is 11.3 Å². The van der Waals surface area contributed by atoms with E-state index in [9.17, 15) is 9.59 Å². The molecule has 116 valence electrons. The number of carbonyl (C=O) groups is 2. The monoisotopic (exact) mass is 319 g/mol. The summed E-state index contributed by atoms with van der Waals surface area (Å²) in [6.07, 6.45) is 0.739. The SMILES string of the molecule is CCc1nc(N(CC(=O)O)C(=O)c2cccc(CN)c2)cs1. The topological polar surface area (TPSA) is 96.5 Å². The summed E-state index contributed by atoms with van der Waals surface area (Å²) in [5.41, 5.74) is 6.79. The van der Waals surface area contributed by atoms with Crippen molar-refractivity contribution >= 4 is 29.0 Å². The van der Waals surface area contributed by atoms with Crippen molar-refractivity contribution in [3.63, 3.8) is 0 Å². The van der Waals surface area contributed by atoms with Crippen LogP contribution in [0.5, 0.6) is 0 Å². The Hall–Kier alpha value is -2.25. The maximum Gasteiger partial charge on any atom is 0.323 e. The molecule has 0 bridgehead atoms. The molecule has 3 N–H and O–H groups in total. The van der Waals surface area contributed by atoms with Crippen LogP contribution in [0.3, 0.4) is 0 Å². The number of nitrogens with zero attached hydrogens (tertiary/aromatic N) is 2. The molecule has 0 aliphatic carbocycles. The van der Waals surface area contributed by atoms with Gasteiger partial charge in [0.25, 0.3) is 5.91 Å². The molecule has 22 heavy (non-hydrogen) atoms. The number of aliphatic carboxylic acids is 1. The van der Waals surface area contributed by atoms with Gasteiger partial charge in [-0.25, -0.2) is 4.98 Å². The highest BCUT2D eigenvalue weighted by atomic mass is 32.1. The number of benzene rings is 1. The van der Waals surface area contributed by atoms with Crippen LogP contribution in [0.1, 0.15) is 27.9 Å². The van der Waals surface area contributed by atoms with Gasteiger partial charge in [0.05, 0.1) is 5.01 Å². The Morgan fingerprint density at radius 2 is 2.18 bits per heavy atom. The van der Waals surface area contributed by atoms with Gasteiger partial charge in [-0.3, -0.25) is 14.5 Å². The van der Waals surface area contributed by atoms with Crippen LogP contribution in [0, 0.1) is 0 Å². The molecule has 1 aromatic carbocycles. The molecule has 1 amide bonds. The number of anilines is 1. The van der Waals surface area contributed by atoms with Crippen molar-refractivity contribution in [2.75, 3.05) is 11.4 Å². The first-order chi connectivity index (χ1) is 10.5. The minimum absolute atomic E-state index is 0.316. The molecule has 0 aliphatic rings. The van der Waals surface area contributed by atoms with Crippen LogP contribution in [0.2, 0.25) is 0 Å². The van der Waals surface area contributed by atoms with Crippen molar-refractivity contribution in [3.8, 4) is 0 Å². The Kier molecular flexibility index (Phi) is 5.24. The van der Waals surface area contributed by atoms with Crippen LogP contribution in [0.25, 0.3) is 0 Å². The molecule has 2 aromatic rings. The van der Waals surface area contributed by atoms with Crippen molar-refractivity contribution in [3.05, 3.63) is 45.8 Å². The van der Waals surface area contributed by atoms with E-state index in [0.29, 0.717) is 17.9 Å². The number of carbonyl (C=O) groups excluding carboxylic acids is 1. The van der Waals surface area contributed by atoms with Crippen LogP contribution < -0.4 is 10.6 Å². The van der Waals surface area contributed by atoms with Gasteiger partial charge < -0.3 is 10.8 Å². The molecule has 2 rings (SSSR count). The molecular weight excluding hydrogens is 302 g/mol. The minimum atomic E-state index is -1.09. The highest BCUT2D eigenvalue weighted by molar-refractivity contribution is 7.10. The van der Waals surface area contributed by atoms with E-state index < -0.39 is 18.4 Å². The number of aromatic nitrogens is 1. The quantitative estimate of drug-likeness (QED) is 0.847. The largest absolute Gasteiger partial charge is 0.480 e. The Bertz CT molecular complexity index is 684. The number of nitrogens with two attached hydrogens (primary N) is 1. The van der Waals surface area contributed by atoms with E-state index in [0.717, 1.165) is 17.0 Å². The van der Waals surface area contributed by atoms with Crippen molar-refractivity contribution in [2.24, 2.45) is 5.73 Å². The molecule has 7 heteroatoms. The number of hydrogen-bond donors (Lipinski definition) is 2. The first-order valence-electron chi connectivity index (χ1n) is 6.82. The predicted molar refractivity (Wildman–Crippen MR) is 85.1 cm³/mol. The number of carboxylic acid groups (broad SMARTS) is 1. The third-order valence-corrected chi connectivity index (χ3v) is 4.05. The molecule has 1 aromatic heterocycles. The Balaban J connectivity index is 2.35. The number of aryl methyl sites for hydroxylation is 1. The van der Waals surface area contributed by atoms with E-state index in [-0.39, 0.29) is 0 Å². The lowest BCUT2D eigenvalue weighted by Crippen LogP contribution is -2.36. The van der Waals surface area contributed by atoms with Crippen LogP contribution in [0.15, 0.2) is 29.6 Å². The van der Waals surface area contributed by atoms with E-state index in [2.05, 4.69) is 4.98 Å². The molecule has 0 aliphatic heterocycles. The molecular formula is C15H17N3O3S. The summed E-state index contributed by atoms with van der Waals surface area (Å²) >= 11 is 1.41. The summed E-state index contributed by atoms with van der Waals surface area (Å²) in [7, 11) is 0. The normalized spacial score (nSPS) is 10.5. The zero-order chi connectivity index (χ0) is 16.1. The van der Waals surface area contributed by atoms with Gasteiger partial charge in [0.2, 0.25) is 0 Å². The lowest BCUT2D eigenvalue weighted by atomic mass is 10.1. The Morgan fingerprint density at radius 1 is 1.41 bits per heavy atom. The fraction of sp³-hybridized carbons (Fsp3) is 0.267. The average Bonchev–Trinajstić information content (AvgIpc) is 3.00. The summed E-state index contributed by atoms with van der Waals surface area (Å²) in [5.74, 6) is -1.12. The minimum Gasteiger partial charge on any atom is -0.480 e. The molecule has 0 fully saturated rings. The number of rotatable bonds is 6. The Morgan fingerprint density at radius 3 is 2.77 bits per heavy atom. The summed E-state index contributed by atoms with van der Waals surface area (Å²) in [6.45, 7) is 1.84. The highest BCUT2D eigenvalue weighted by Crippen LogP contribution is 2.21.